The van der Waals surface area contributed by atoms with Crippen LogP contribution in [0.1, 0.15) is 29.2 Å². The van der Waals surface area contributed by atoms with Crippen molar-refractivity contribution in [3.05, 3.63) is 81.9 Å². The number of amides is 1. The van der Waals surface area contributed by atoms with Crippen LogP contribution in [-0.4, -0.2) is 19.1 Å². The SMILES string of the molecule is CCOc1cc(CNc2cc(Cl)ccc2C)ccc1OCC(=O)Nc1ccc(C)c(C)c1. The summed E-state index contributed by atoms with van der Waals surface area (Å²) in [6, 6.07) is 17.3. The van der Waals surface area contributed by atoms with Crippen LogP contribution in [0.2, 0.25) is 5.02 Å². The number of carbonyl (C=O) groups excluding carboxylic acids is 1. The van der Waals surface area contributed by atoms with Crippen molar-refractivity contribution in [3.8, 4) is 11.5 Å². The number of carbonyl (C=O) groups is 1. The van der Waals surface area contributed by atoms with Crippen LogP contribution in [0.15, 0.2) is 54.6 Å². The fraction of sp³-hybridized carbons (Fsp3) is 0.269. The smallest absolute Gasteiger partial charge is 0.262 e. The molecule has 0 aliphatic heterocycles. The maximum absolute atomic E-state index is 12.3. The van der Waals surface area contributed by atoms with Gasteiger partial charge in [0.15, 0.2) is 18.1 Å². The molecule has 0 aliphatic carbocycles. The van der Waals surface area contributed by atoms with E-state index in [0.717, 1.165) is 28.1 Å². The monoisotopic (exact) mass is 452 g/mol. The summed E-state index contributed by atoms with van der Waals surface area (Å²) in [6.45, 7) is 8.99. The molecule has 5 nitrogen and oxygen atoms in total. The van der Waals surface area contributed by atoms with Gasteiger partial charge in [-0.1, -0.05) is 29.8 Å². The highest BCUT2D eigenvalue weighted by Gasteiger charge is 2.10. The zero-order valence-corrected chi connectivity index (χ0v) is 19.7. The van der Waals surface area contributed by atoms with E-state index in [0.29, 0.717) is 29.7 Å². The molecular weight excluding hydrogens is 424 g/mol. The number of ether oxygens (including phenoxy) is 2. The lowest BCUT2D eigenvalue weighted by Crippen LogP contribution is -2.20. The second-order valence-electron chi connectivity index (χ2n) is 7.66. The van der Waals surface area contributed by atoms with Crippen molar-refractivity contribution in [2.24, 2.45) is 0 Å². The van der Waals surface area contributed by atoms with Gasteiger partial charge in [0.1, 0.15) is 0 Å². The number of anilines is 2. The summed E-state index contributed by atoms with van der Waals surface area (Å²) >= 11 is 6.10. The third-order valence-electron chi connectivity index (χ3n) is 5.14. The normalized spacial score (nSPS) is 10.5. The number of halogens is 1. The predicted octanol–water partition coefficient (Wildman–Crippen LogP) is 6.29. The molecule has 1 amide bonds. The fourth-order valence-electron chi connectivity index (χ4n) is 3.19. The summed E-state index contributed by atoms with van der Waals surface area (Å²) in [7, 11) is 0. The highest BCUT2D eigenvalue weighted by Crippen LogP contribution is 2.29. The molecule has 3 aromatic rings. The number of benzene rings is 3. The van der Waals surface area contributed by atoms with E-state index < -0.39 is 0 Å². The predicted molar refractivity (Wildman–Crippen MR) is 131 cm³/mol. The van der Waals surface area contributed by atoms with Gasteiger partial charge in [-0.25, -0.2) is 0 Å². The van der Waals surface area contributed by atoms with E-state index in [4.69, 9.17) is 21.1 Å². The quantitative estimate of drug-likeness (QED) is 0.400. The van der Waals surface area contributed by atoms with Crippen molar-refractivity contribution in [3.63, 3.8) is 0 Å². The van der Waals surface area contributed by atoms with Crippen molar-refractivity contribution >= 4 is 28.9 Å². The fourth-order valence-corrected chi connectivity index (χ4v) is 3.36. The second-order valence-corrected chi connectivity index (χ2v) is 8.10. The van der Waals surface area contributed by atoms with Crippen molar-refractivity contribution in [2.75, 3.05) is 23.8 Å². The molecule has 0 fully saturated rings. The standard InChI is InChI=1S/C26H29ClN2O3/c1-5-31-25-13-20(15-28-23-14-21(27)9-6-18(23)3)8-11-24(25)32-16-26(30)29-22-10-7-17(2)19(4)12-22/h6-14,28H,5,15-16H2,1-4H3,(H,29,30). The molecule has 3 aromatic carbocycles. The molecule has 6 heteroatoms. The number of rotatable bonds is 9. The molecule has 0 aromatic heterocycles. The zero-order valence-electron chi connectivity index (χ0n) is 18.9. The molecule has 0 spiro atoms. The summed E-state index contributed by atoms with van der Waals surface area (Å²) in [5.74, 6) is 0.913. The summed E-state index contributed by atoms with van der Waals surface area (Å²) in [6.07, 6.45) is 0. The van der Waals surface area contributed by atoms with Gasteiger partial charge in [-0.15, -0.1) is 0 Å². The number of hydrogen-bond donors (Lipinski definition) is 2. The molecule has 0 atom stereocenters. The molecule has 168 valence electrons. The first-order chi connectivity index (χ1) is 15.4. The van der Waals surface area contributed by atoms with E-state index in [1.54, 1.807) is 0 Å². The summed E-state index contributed by atoms with van der Waals surface area (Å²) < 4.78 is 11.5. The Bertz CT molecular complexity index is 1100. The first kappa shape index (κ1) is 23.5. The minimum Gasteiger partial charge on any atom is -0.490 e. The second kappa shape index (κ2) is 10.9. The molecule has 2 N–H and O–H groups in total. The average molecular weight is 453 g/mol. The molecule has 0 bridgehead atoms. The van der Waals surface area contributed by atoms with Crippen molar-refractivity contribution in [2.45, 2.75) is 34.2 Å². The Morgan fingerprint density at radius 2 is 1.66 bits per heavy atom. The van der Waals surface area contributed by atoms with Gasteiger partial charge in [0.05, 0.1) is 6.61 Å². The minimum absolute atomic E-state index is 0.105. The molecule has 0 radical (unpaired) electrons. The molecule has 3 rings (SSSR count). The molecule has 0 unspecified atom stereocenters. The summed E-state index contributed by atoms with van der Waals surface area (Å²) in [5, 5.41) is 6.96. The van der Waals surface area contributed by atoms with E-state index in [2.05, 4.69) is 10.6 Å². The number of hydrogen-bond acceptors (Lipinski definition) is 4. The van der Waals surface area contributed by atoms with Crippen LogP contribution in [0, 0.1) is 20.8 Å². The lowest BCUT2D eigenvalue weighted by Gasteiger charge is -2.15. The van der Waals surface area contributed by atoms with Crippen LogP contribution in [0.5, 0.6) is 11.5 Å². The van der Waals surface area contributed by atoms with Crippen LogP contribution in [0.4, 0.5) is 11.4 Å². The molecule has 0 aliphatic rings. The molecule has 0 heterocycles. The van der Waals surface area contributed by atoms with E-state index in [-0.39, 0.29) is 12.5 Å². The molecular formula is C26H29ClN2O3. The maximum Gasteiger partial charge on any atom is 0.262 e. The lowest BCUT2D eigenvalue weighted by atomic mass is 10.1. The zero-order chi connectivity index (χ0) is 23.1. The van der Waals surface area contributed by atoms with E-state index >= 15 is 0 Å². The Hall–Kier alpha value is -3.18. The Labute approximate surface area is 194 Å². The first-order valence-corrected chi connectivity index (χ1v) is 11.0. The molecule has 0 saturated heterocycles. The third-order valence-corrected chi connectivity index (χ3v) is 5.38. The topological polar surface area (TPSA) is 59.6 Å². The van der Waals surface area contributed by atoms with Crippen LogP contribution in [0.3, 0.4) is 0 Å². The molecule has 0 saturated carbocycles. The van der Waals surface area contributed by atoms with E-state index in [1.807, 2.05) is 82.3 Å². The first-order valence-electron chi connectivity index (χ1n) is 10.6. The Morgan fingerprint density at radius 1 is 0.875 bits per heavy atom. The maximum atomic E-state index is 12.3. The van der Waals surface area contributed by atoms with Crippen LogP contribution in [-0.2, 0) is 11.3 Å². The molecule has 32 heavy (non-hydrogen) atoms. The van der Waals surface area contributed by atoms with Gasteiger partial charge in [0, 0.05) is 22.9 Å². The van der Waals surface area contributed by atoms with Gasteiger partial charge < -0.3 is 20.1 Å². The summed E-state index contributed by atoms with van der Waals surface area (Å²) in [5.41, 5.74) is 6.19. The van der Waals surface area contributed by atoms with Gasteiger partial charge >= 0.3 is 0 Å². The third kappa shape index (κ3) is 6.41. The largest absolute Gasteiger partial charge is 0.490 e. The van der Waals surface area contributed by atoms with Crippen LogP contribution in [0.25, 0.3) is 0 Å². The highest BCUT2D eigenvalue weighted by atomic mass is 35.5. The number of nitrogens with one attached hydrogen (secondary N) is 2. The highest BCUT2D eigenvalue weighted by molar-refractivity contribution is 6.30. The Kier molecular flexibility index (Phi) is 8.01. The van der Waals surface area contributed by atoms with Crippen molar-refractivity contribution in [1.29, 1.82) is 0 Å². The van der Waals surface area contributed by atoms with Crippen LogP contribution >= 0.6 is 11.6 Å². The van der Waals surface area contributed by atoms with Crippen molar-refractivity contribution < 1.29 is 14.3 Å². The van der Waals surface area contributed by atoms with Gasteiger partial charge in [-0.05, 0) is 86.3 Å². The van der Waals surface area contributed by atoms with E-state index in [1.165, 1.54) is 5.56 Å². The van der Waals surface area contributed by atoms with Crippen molar-refractivity contribution in [1.82, 2.24) is 0 Å². The minimum atomic E-state index is -0.224. The lowest BCUT2D eigenvalue weighted by molar-refractivity contribution is -0.118. The van der Waals surface area contributed by atoms with Gasteiger partial charge in [0.2, 0.25) is 0 Å². The summed E-state index contributed by atoms with van der Waals surface area (Å²) in [4.78, 5) is 12.3. The van der Waals surface area contributed by atoms with Gasteiger partial charge in [0.25, 0.3) is 5.91 Å². The number of aryl methyl sites for hydroxylation is 3. The van der Waals surface area contributed by atoms with Gasteiger partial charge in [-0.2, -0.15) is 0 Å². The van der Waals surface area contributed by atoms with Crippen LogP contribution < -0.4 is 20.1 Å². The Balaban J connectivity index is 1.62. The average Bonchev–Trinajstić information content (AvgIpc) is 2.76. The van der Waals surface area contributed by atoms with Gasteiger partial charge in [-0.3, -0.25) is 4.79 Å². The van der Waals surface area contributed by atoms with E-state index in [9.17, 15) is 4.79 Å². The Morgan fingerprint density at radius 3 is 2.41 bits per heavy atom.